The van der Waals surface area contributed by atoms with E-state index in [9.17, 15) is 9.59 Å². The summed E-state index contributed by atoms with van der Waals surface area (Å²) < 4.78 is 4.77. The monoisotopic (exact) mass is 331 g/mol. The van der Waals surface area contributed by atoms with Crippen LogP contribution in [0.25, 0.3) is 10.8 Å². The maximum absolute atomic E-state index is 13.1. The Hall–Kier alpha value is -3.14. The second kappa shape index (κ2) is 6.06. The second-order valence-corrected chi connectivity index (χ2v) is 6.07. The van der Waals surface area contributed by atoms with Gasteiger partial charge in [-0.05, 0) is 47.0 Å². The summed E-state index contributed by atoms with van der Waals surface area (Å²) in [5.41, 5.74) is 3.07. The van der Waals surface area contributed by atoms with Crippen LogP contribution < -0.4 is 4.90 Å². The molecular formula is C21H17NO3. The Morgan fingerprint density at radius 1 is 1.00 bits per heavy atom. The molecule has 0 saturated carbocycles. The lowest BCUT2D eigenvalue weighted by Crippen LogP contribution is -2.29. The van der Waals surface area contributed by atoms with E-state index in [2.05, 4.69) is 0 Å². The van der Waals surface area contributed by atoms with Gasteiger partial charge in [0.15, 0.2) is 0 Å². The molecule has 3 aromatic carbocycles. The van der Waals surface area contributed by atoms with Crippen molar-refractivity contribution in [2.24, 2.45) is 0 Å². The Morgan fingerprint density at radius 2 is 1.80 bits per heavy atom. The van der Waals surface area contributed by atoms with E-state index in [4.69, 9.17) is 4.74 Å². The van der Waals surface area contributed by atoms with Gasteiger partial charge in [0, 0.05) is 17.8 Å². The lowest BCUT2D eigenvalue weighted by Gasteiger charge is -2.18. The highest BCUT2D eigenvalue weighted by Crippen LogP contribution is 2.31. The van der Waals surface area contributed by atoms with Crippen molar-refractivity contribution in [1.29, 1.82) is 0 Å². The number of rotatable bonds is 2. The SMILES string of the molecule is COC(=O)c1ccc2c(c1)CCN2C(=O)c1cccc2ccccc12. The summed E-state index contributed by atoms with van der Waals surface area (Å²) in [4.78, 5) is 26.6. The maximum atomic E-state index is 13.1. The van der Waals surface area contributed by atoms with Gasteiger partial charge in [-0.2, -0.15) is 0 Å². The van der Waals surface area contributed by atoms with Gasteiger partial charge in [-0.15, -0.1) is 0 Å². The van der Waals surface area contributed by atoms with Crippen LogP contribution in [0, 0.1) is 0 Å². The summed E-state index contributed by atoms with van der Waals surface area (Å²) in [7, 11) is 1.37. The van der Waals surface area contributed by atoms with Crippen molar-refractivity contribution in [3.63, 3.8) is 0 Å². The number of esters is 1. The molecule has 1 aliphatic heterocycles. The van der Waals surface area contributed by atoms with Crippen LogP contribution in [0.1, 0.15) is 26.3 Å². The highest BCUT2D eigenvalue weighted by molar-refractivity contribution is 6.14. The van der Waals surface area contributed by atoms with Gasteiger partial charge in [0.25, 0.3) is 5.91 Å². The first-order valence-electron chi connectivity index (χ1n) is 8.20. The van der Waals surface area contributed by atoms with Gasteiger partial charge < -0.3 is 9.64 Å². The average Bonchev–Trinajstić information content (AvgIpc) is 3.09. The van der Waals surface area contributed by atoms with E-state index >= 15 is 0 Å². The van der Waals surface area contributed by atoms with E-state index in [1.807, 2.05) is 54.6 Å². The zero-order chi connectivity index (χ0) is 17.4. The van der Waals surface area contributed by atoms with Crippen molar-refractivity contribution in [3.8, 4) is 0 Å². The van der Waals surface area contributed by atoms with Crippen LogP contribution in [0.2, 0.25) is 0 Å². The Bertz CT molecular complexity index is 988. The summed E-state index contributed by atoms with van der Waals surface area (Å²) in [5, 5.41) is 2.00. The topological polar surface area (TPSA) is 46.6 Å². The third-order valence-corrected chi connectivity index (χ3v) is 4.66. The van der Waals surface area contributed by atoms with E-state index in [1.54, 1.807) is 11.0 Å². The van der Waals surface area contributed by atoms with Gasteiger partial charge in [-0.1, -0.05) is 36.4 Å². The molecule has 0 bridgehead atoms. The fourth-order valence-corrected chi connectivity index (χ4v) is 3.41. The molecule has 25 heavy (non-hydrogen) atoms. The number of carbonyl (C=O) groups excluding carboxylic acids is 2. The first-order chi connectivity index (χ1) is 12.2. The van der Waals surface area contributed by atoms with Crippen LogP contribution in [0.4, 0.5) is 5.69 Å². The van der Waals surface area contributed by atoms with Crippen LogP contribution >= 0.6 is 0 Å². The number of amides is 1. The first-order valence-corrected chi connectivity index (χ1v) is 8.20. The highest BCUT2D eigenvalue weighted by Gasteiger charge is 2.27. The summed E-state index contributed by atoms with van der Waals surface area (Å²) in [6.07, 6.45) is 0.733. The Morgan fingerprint density at radius 3 is 2.64 bits per heavy atom. The van der Waals surface area contributed by atoms with Gasteiger partial charge in [-0.3, -0.25) is 4.79 Å². The smallest absolute Gasteiger partial charge is 0.337 e. The van der Waals surface area contributed by atoms with Crippen molar-refractivity contribution in [3.05, 3.63) is 77.4 Å². The molecule has 0 atom stereocenters. The van der Waals surface area contributed by atoms with Crippen LogP contribution in [0.5, 0.6) is 0 Å². The highest BCUT2D eigenvalue weighted by atomic mass is 16.5. The normalized spacial score (nSPS) is 12.9. The molecule has 0 aliphatic carbocycles. The van der Waals surface area contributed by atoms with Gasteiger partial charge in [0.05, 0.1) is 12.7 Å². The van der Waals surface area contributed by atoms with Crippen molar-refractivity contribution in [2.75, 3.05) is 18.6 Å². The van der Waals surface area contributed by atoms with Crippen molar-refractivity contribution >= 4 is 28.3 Å². The number of anilines is 1. The number of fused-ring (bicyclic) bond motifs is 2. The molecule has 4 rings (SSSR count). The van der Waals surface area contributed by atoms with E-state index in [-0.39, 0.29) is 11.9 Å². The minimum atomic E-state index is -0.360. The molecule has 124 valence electrons. The molecule has 0 N–H and O–H groups in total. The molecule has 4 nitrogen and oxygen atoms in total. The maximum Gasteiger partial charge on any atom is 0.337 e. The van der Waals surface area contributed by atoms with E-state index in [0.29, 0.717) is 17.7 Å². The van der Waals surface area contributed by atoms with E-state index < -0.39 is 0 Å². The number of ether oxygens (including phenoxy) is 1. The molecule has 0 saturated heterocycles. The summed E-state index contributed by atoms with van der Waals surface area (Å²) in [6.45, 7) is 0.613. The standard InChI is InChI=1S/C21H17NO3/c1-25-21(24)16-9-10-19-15(13-16)11-12-22(19)20(23)18-8-4-6-14-5-2-3-7-17(14)18/h2-10,13H,11-12H2,1H3. The average molecular weight is 331 g/mol. The molecule has 4 heteroatoms. The summed E-state index contributed by atoms with van der Waals surface area (Å²) in [5.74, 6) is -0.372. The van der Waals surface area contributed by atoms with Crippen LogP contribution in [-0.4, -0.2) is 25.5 Å². The fourth-order valence-electron chi connectivity index (χ4n) is 3.41. The lowest BCUT2D eigenvalue weighted by molar-refractivity contribution is 0.0600. The number of hydrogen-bond acceptors (Lipinski definition) is 3. The number of carbonyl (C=O) groups is 2. The predicted octanol–water partition coefficient (Wildman–Crippen LogP) is 3.83. The molecule has 1 aliphatic rings. The Balaban J connectivity index is 1.73. The lowest BCUT2D eigenvalue weighted by atomic mass is 10.0. The van der Waals surface area contributed by atoms with Crippen molar-refractivity contribution < 1.29 is 14.3 Å². The molecular weight excluding hydrogens is 314 g/mol. The van der Waals surface area contributed by atoms with Crippen LogP contribution in [0.3, 0.4) is 0 Å². The van der Waals surface area contributed by atoms with E-state index in [1.165, 1.54) is 7.11 Å². The minimum Gasteiger partial charge on any atom is -0.465 e. The molecule has 0 radical (unpaired) electrons. The van der Waals surface area contributed by atoms with Gasteiger partial charge in [0.1, 0.15) is 0 Å². The number of hydrogen-bond donors (Lipinski definition) is 0. The largest absolute Gasteiger partial charge is 0.465 e. The molecule has 0 aromatic heterocycles. The molecule has 3 aromatic rings. The molecule has 1 amide bonds. The second-order valence-electron chi connectivity index (χ2n) is 6.07. The van der Waals surface area contributed by atoms with E-state index in [0.717, 1.165) is 28.4 Å². The zero-order valence-electron chi connectivity index (χ0n) is 13.9. The predicted molar refractivity (Wildman–Crippen MR) is 97.1 cm³/mol. The van der Waals surface area contributed by atoms with Crippen LogP contribution in [0.15, 0.2) is 60.7 Å². The first kappa shape index (κ1) is 15.4. The number of benzene rings is 3. The van der Waals surface area contributed by atoms with Crippen LogP contribution in [-0.2, 0) is 11.2 Å². The van der Waals surface area contributed by atoms with Gasteiger partial charge >= 0.3 is 5.97 Å². The molecule has 1 heterocycles. The third-order valence-electron chi connectivity index (χ3n) is 4.66. The summed E-state index contributed by atoms with van der Waals surface area (Å²) in [6, 6.07) is 19.0. The van der Waals surface area contributed by atoms with Gasteiger partial charge in [0.2, 0.25) is 0 Å². The summed E-state index contributed by atoms with van der Waals surface area (Å²) >= 11 is 0. The zero-order valence-corrected chi connectivity index (χ0v) is 13.9. The number of methoxy groups -OCH3 is 1. The fraction of sp³-hybridized carbons (Fsp3) is 0.143. The van der Waals surface area contributed by atoms with Crippen molar-refractivity contribution in [1.82, 2.24) is 0 Å². The third kappa shape index (κ3) is 2.56. The Labute approximate surface area is 145 Å². The minimum absolute atomic E-state index is 0.0126. The molecule has 0 unspecified atom stereocenters. The van der Waals surface area contributed by atoms with Crippen molar-refractivity contribution in [2.45, 2.75) is 6.42 Å². The quantitative estimate of drug-likeness (QED) is 0.671. The molecule has 0 fully saturated rings. The molecule has 0 spiro atoms. The Kier molecular flexibility index (Phi) is 3.73. The van der Waals surface area contributed by atoms with Gasteiger partial charge in [-0.25, -0.2) is 4.79 Å². The number of nitrogens with zero attached hydrogens (tertiary/aromatic N) is 1.